The highest BCUT2D eigenvalue weighted by atomic mass is 32.1. The lowest BCUT2D eigenvalue weighted by molar-refractivity contribution is 0.182. The molecule has 1 N–H and O–H groups in total. The number of hydrogen-bond acceptors (Lipinski definition) is 3. The van der Waals surface area contributed by atoms with Crippen molar-refractivity contribution in [3.05, 3.63) is 65.7 Å². The Morgan fingerprint density at radius 3 is 2.52 bits per heavy atom. The van der Waals surface area contributed by atoms with Crippen LogP contribution in [0.3, 0.4) is 0 Å². The molecule has 4 nitrogen and oxygen atoms in total. The summed E-state index contributed by atoms with van der Waals surface area (Å²) in [5.74, 6) is -0.215. The summed E-state index contributed by atoms with van der Waals surface area (Å²) in [7, 11) is 0. The molecule has 1 aromatic heterocycles. The van der Waals surface area contributed by atoms with Gasteiger partial charge in [0, 0.05) is 57.6 Å². The fourth-order valence-corrected chi connectivity index (χ4v) is 3.14. The van der Waals surface area contributed by atoms with E-state index in [1.807, 2.05) is 18.3 Å². The molecule has 1 fully saturated rings. The van der Waals surface area contributed by atoms with Crippen LogP contribution in [0, 0.1) is 5.82 Å². The van der Waals surface area contributed by atoms with Gasteiger partial charge in [-0.25, -0.2) is 4.39 Å². The average Bonchev–Trinajstić information content (AvgIpc) is 2.67. The second-order valence-corrected chi connectivity index (χ2v) is 6.57. The van der Waals surface area contributed by atoms with Gasteiger partial charge in [0.05, 0.1) is 0 Å². The molecule has 1 aliphatic rings. The molecule has 0 amide bonds. The molecule has 0 saturated carbocycles. The van der Waals surface area contributed by atoms with Crippen molar-refractivity contribution in [3.63, 3.8) is 0 Å². The van der Waals surface area contributed by atoms with Crippen LogP contribution in [0.15, 0.2) is 48.7 Å². The summed E-state index contributed by atoms with van der Waals surface area (Å²) in [6.45, 7) is 5.52. The lowest BCUT2D eigenvalue weighted by Crippen LogP contribution is -2.51. The van der Waals surface area contributed by atoms with Gasteiger partial charge >= 0.3 is 0 Å². The molecule has 0 bridgehead atoms. The van der Waals surface area contributed by atoms with E-state index >= 15 is 0 Å². The molecule has 0 atom stereocenters. The van der Waals surface area contributed by atoms with Crippen LogP contribution in [0.25, 0.3) is 0 Å². The molecule has 132 valence electrons. The third-order valence-electron chi connectivity index (χ3n) is 4.43. The molecule has 0 radical (unpaired) electrons. The van der Waals surface area contributed by atoms with Crippen LogP contribution >= 0.6 is 12.2 Å². The summed E-state index contributed by atoms with van der Waals surface area (Å²) in [6, 6.07) is 12.6. The second kappa shape index (κ2) is 8.87. The van der Waals surface area contributed by atoms with Crippen LogP contribution in [0.1, 0.15) is 11.3 Å². The van der Waals surface area contributed by atoms with Gasteiger partial charge in [-0.15, -0.1) is 0 Å². The number of benzene rings is 1. The predicted octanol–water partition coefficient (Wildman–Crippen LogP) is 2.46. The molecule has 25 heavy (non-hydrogen) atoms. The number of hydrogen-bond donors (Lipinski definition) is 1. The summed E-state index contributed by atoms with van der Waals surface area (Å²) in [5.41, 5.74) is 2.17. The molecule has 0 unspecified atom stereocenters. The Labute approximate surface area is 153 Å². The van der Waals surface area contributed by atoms with Gasteiger partial charge in [0.15, 0.2) is 5.11 Å². The highest BCUT2D eigenvalue weighted by Crippen LogP contribution is 2.06. The van der Waals surface area contributed by atoms with Crippen LogP contribution in [0.4, 0.5) is 4.39 Å². The van der Waals surface area contributed by atoms with Crippen molar-refractivity contribution < 1.29 is 4.39 Å². The predicted molar refractivity (Wildman–Crippen MR) is 102 cm³/mol. The van der Waals surface area contributed by atoms with Gasteiger partial charge in [0.2, 0.25) is 0 Å². The summed E-state index contributed by atoms with van der Waals surface area (Å²) in [5, 5.41) is 4.04. The number of pyridine rings is 1. The van der Waals surface area contributed by atoms with Crippen molar-refractivity contribution >= 4 is 17.3 Å². The maximum Gasteiger partial charge on any atom is 0.169 e. The first-order valence-corrected chi connectivity index (χ1v) is 9.01. The Bertz CT molecular complexity index is 670. The van der Waals surface area contributed by atoms with Crippen molar-refractivity contribution in [2.45, 2.75) is 13.0 Å². The van der Waals surface area contributed by atoms with Gasteiger partial charge in [-0.05, 0) is 42.0 Å². The number of nitrogens with zero attached hydrogens (tertiary/aromatic N) is 3. The highest BCUT2D eigenvalue weighted by molar-refractivity contribution is 7.80. The first-order chi connectivity index (χ1) is 12.2. The van der Waals surface area contributed by atoms with Crippen LogP contribution in [0.2, 0.25) is 0 Å². The van der Waals surface area contributed by atoms with Crippen molar-refractivity contribution in [2.75, 3.05) is 32.7 Å². The monoisotopic (exact) mass is 358 g/mol. The van der Waals surface area contributed by atoms with Gasteiger partial charge in [0.1, 0.15) is 5.82 Å². The molecule has 1 aliphatic heterocycles. The minimum atomic E-state index is -0.215. The van der Waals surface area contributed by atoms with Crippen LogP contribution in [-0.4, -0.2) is 52.6 Å². The summed E-state index contributed by atoms with van der Waals surface area (Å²) in [6.07, 6.45) is 2.83. The van der Waals surface area contributed by atoms with Gasteiger partial charge in [-0.2, -0.15) is 0 Å². The third kappa shape index (κ3) is 5.47. The van der Waals surface area contributed by atoms with Crippen molar-refractivity contribution in [1.82, 2.24) is 20.1 Å². The summed E-state index contributed by atoms with van der Waals surface area (Å²) in [4.78, 5) is 9.03. The number of nitrogens with one attached hydrogen (secondary N) is 1. The lowest BCUT2D eigenvalue weighted by atomic mass is 10.2. The Balaban J connectivity index is 1.38. The minimum Gasteiger partial charge on any atom is -0.358 e. The quantitative estimate of drug-likeness (QED) is 0.830. The number of rotatable bonds is 5. The lowest BCUT2D eigenvalue weighted by Gasteiger charge is -2.36. The Kier molecular flexibility index (Phi) is 6.30. The average molecular weight is 358 g/mol. The Morgan fingerprint density at radius 1 is 1.08 bits per heavy atom. The van der Waals surface area contributed by atoms with Crippen molar-refractivity contribution in [3.8, 4) is 0 Å². The normalized spacial score (nSPS) is 15.2. The van der Waals surface area contributed by atoms with E-state index in [2.05, 4.69) is 26.2 Å². The van der Waals surface area contributed by atoms with E-state index in [1.165, 1.54) is 12.1 Å². The number of halogens is 1. The van der Waals surface area contributed by atoms with Gasteiger partial charge in [-0.3, -0.25) is 9.88 Å². The van der Waals surface area contributed by atoms with E-state index < -0.39 is 0 Å². The van der Waals surface area contributed by atoms with E-state index in [0.29, 0.717) is 6.54 Å². The van der Waals surface area contributed by atoms with Crippen LogP contribution < -0.4 is 5.32 Å². The molecule has 0 aliphatic carbocycles. The van der Waals surface area contributed by atoms with Crippen molar-refractivity contribution in [2.24, 2.45) is 0 Å². The van der Waals surface area contributed by atoms with Gasteiger partial charge in [0.25, 0.3) is 0 Å². The summed E-state index contributed by atoms with van der Waals surface area (Å²) >= 11 is 5.49. The topological polar surface area (TPSA) is 31.4 Å². The molecule has 2 heterocycles. The van der Waals surface area contributed by atoms with E-state index in [-0.39, 0.29) is 5.82 Å². The molecular weight excluding hydrogens is 335 g/mol. The second-order valence-electron chi connectivity index (χ2n) is 6.18. The third-order valence-corrected chi connectivity index (χ3v) is 4.83. The first-order valence-electron chi connectivity index (χ1n) is 8.60. The number of piperazine rings is 1. The van der Waals surface area contributed by atoms with E-state index in [1.54, 1.807) is 12.1 Å². The number of thiocarbonyl (C=S) groups is 1. The zero-order chi connectivity index (χ0) is 17.5. The van der Waals surface area contributed by atoms with Gasteiger partial charge in [-0.1, -0.05) is 18.2 Å². The zero-order valence-corrected chi connectivity index (χ0v) is 15.0. The molecule has 3 rings (SSSR count). The SMILES string of the molecule is Fc1ccc(CNC(=S)N2CCN(CCc3ccccn3)CC2)cc1. The highest BCUT2D eigenvalue weighted by Gasteiger charge is 2.18. The molecule has 0 spiro atoms. The molecule has 2 aromatic rings. The fourth-order valence-electron chi connectivity index (χ4n) is 2.88. The Morgan fingerprint density at radius 2 is 1.84 bits per heavy atom. The molecule has 1 aromatic carbocycles. The maximum atomic E-state index is 12.9. The zero-order valence-electron chi connectivity index (χ0n) is 14.2. The Hall–Kier alpha value is -2.05. The van der Waals surface area contributed by atoms with E-state index in [9.17, 15) is 4.39 Å². The maximum absolute atomic E-state index is 12.9. The molecule has 6 heteroatoms. The van der Waals surface area contributed by atoms with Crippen LogP contribution in [-0.2, 0) is 13.0 Å². The van der Waals surface area contributed by atoms with Gasteiger partial charge < -0.3 is 10.2 Å². The van der Waals surface area contributed by atoms with E-state index in [4.69, 9.17) is 12.2 Å². The molecule has 1 saturated heterocycles. The first kappa shape index (κ1) is 17.8. The standard InChI is InChI=1S/C19H23FN4S/c20-17-6-4-16(5-7-17)15-22-19(25)24-13-11-23(12-14-24)10-8-18-3-1-2-9-21-18/h1-7,9H,8,10-15H2,(H,22,25). The van der Waals surface area contributed by atoms with Crippen molar-refractivity contribution in [1.29, 1.82) is 0 Å². The summed E-state index contributed by atoms with van der Waals surface area (Å²) < 4.78 is 12.9. The smallest absolute Gasteiger partial charge is 0.169 e. The van der Waals surface area contributed by atoms with E-state index in [0.717, 1.165) is 55.5 Å². The van der Waals surface area contributed by atoms with Crippen LogP contribution in [0.5, 0.6) is 0 Å². The largest absolute Gasteiger partial charge is 0.358 e. The number of aromatic nitrogens is 1. The fraction of sp³-hybridized carbons (Fsp3) is 0.368. The molecular formula is C19H23FN4S. The minimum absolute atomic E-state index is 0.215.